The minimum Gasteiger partial charge on any atom is -0.351 e. The highest BCUT2D eigenvalue weighted by molar-refractivity contribution is 5.89. The first kappa shape index (κ1) is 16.7. The summed E-state index contributed by atoms with van der Waals surface area (Å²) in [7, 11) is 0. The summed E-state index contributed by atoms with van der Waals surface area (Å²) in [6.07, 6.45) is 5.12. The number of carbonyl (C=O) groups excluding carboxylic acids is 2. The first-order valence-electron chi connectivity index (χ1n) is 8.74. The Kier molecular flexibility index (Phi) is 5.64. The molecule has 1 fully saturated rings. The fraction of sp³-hybridized carbons (Fsp3) is 0.474. The maximum atomic E-state index is 12.6. The lowest BCUT2D eigenvalue weighted by atomic mass is 10.1. The van der Waals surface area contributed by atoms with Crippen LogP contribution in [-0.2, 0) is 16.0 Å². The lowest BCUT2D eigenvalue weighted by Gasteiger charge is -2.24. The van der Waals surface area contributed by atoms with Gasteiger partial charge in [0.2, 0.25) is 11.8 Å². The molecule has 1 aromatic rings. The summed E-state index contributed by atoms with van der Waals surface area (Å²) in [5, 5.41) is 6.27. The highest BCUT2D eigenvalue weighted by atomic mass is 16.2. The van der Waals surface area contributed by atoms with Gasteiger partial charge in [-0.05, 0) is 31.4 Å². The van der Waals surface area contributed by atoms with Crippen molar-refractivity contribution in [3.8, 4) is 0 Å². The van der Waals surface area contributed by atoms with Gasteiger partial charge in [0.1, 0.15) is 6.04 Å². The van der Waals surface area contributed by atoms with E-state index in [2.05, 4.69) is 16.7 Å². The van der Waals surface area contributed by atoms with E-state index in [1.54, 1.807) is 4.90 Å². The molecule has 0 aromatic heterocycles. The fourth-order valence-corrected chi connectivity index (χ4v) is 3.36. The van der Waals surface area contributed by atoms with Crippen molar-refractivity contribution in [2.45, 2.75) is 31.7 Å². The molecule has 24 heavy (non-hydrogen) atoms. The molecule has 2 aliphatic rings. The average molecular weight is 327 g/mol. The van der Waals surface area contributed by atoms with Crippen LogP contribution in [0.2, 0.25) is 0 Å². The van der Waals surface area contributed by atoms with Gasteiger partial charge in [-0.25, -0.2) is 0 Å². The Morgan fingerprint density at radius 3 is 2.83 bits per heavy atom. The molecule has 0 aliphatic carbocycles. The molecule has 0 radical (unpaired) electrons. The van der Waals surface area contributed by atoms with Gasteiger partial charge in [-0.3, -0.25) is 9.59 Å². The number of rotatable bonds is 5. The van der Waals surface area contributed by atoms with Crippen molar-refractivity contribution >= 4 is 11.8 Å². The van der Waals surface area contributed by atoms with Gasteiger partial charge in [0.05, 0.1) is 6.42 Å². The fourth-order valence-electron chi connectivity index (χ4n) is 3.36. The van der Waals surface area contributed by atoms with Gasteiger partial charge in [0.15, 0.2) is 0 Å². The maximum Gasteiger partial charge on any atom is 0.243 e. The van der Waals surface area contributed by atoms with Crippen LogP contribution >= 0.6 is 0 Å². The zero-order chi connectivity index (χ0) is 16.8. The third-order valence-electron chi connectivity index (χ3n) is 4.72. The molecule has 0 spiro atoms. The van der Waals surface area contributed by atoms with Crippen LogP contribution in [0.3, 0.4) is 0 Å². The second-order valence-corrected chi connectivity index (χ2v) is 6.44. The number of nitrogens with zero attached hydrogens (tertiary/aromatic N) is 1. The Hall–Kier alpha value is -2.14. The van der Waals surface area contributed by atoms with Gasteiger partial charge in [-0.15, -0.1) is 0 Å². The molecule has 2 heterocycles. The first-order chi connectivity index (χ1) is 11.7. The molecule has 0 bridgehead atoms. The monoisotopic (exact) mass is 327 g/mol. The van der Waals surface area contributed by atoms with Crippen LogP contribution < -0.4 is 10.6 Å². The van der Waals surface area contributed by atoms with E-state index in [1.165, 1.54) is 5.57 Å². The summed E-state index contributed by atoms with van der Waals surface area (Å²) in [4.78, 5) is 26.8. The van der Waals surface area contributed by atoms with Crippen LogP contribution in [0.25, 0.3) is 0 Å². The van der Waals surface area contributed by atoms with Gasteiger partial charge in [0, 0.05) is 19.6 Å². The second-order valence-electron chi connectivity index (χ2n) is 6.44. The lowest BCUT2D eigenvalue weighted by molar-refractivity contribution is -0.137. The molecule has 1 aromatic carbocycles. The summed E-state index contributed by atoms with van der Waals surface area (Å²) in [5.41, 5.74) is 2.26. The highest BCUT2D eigenvalue weighted by Gasteiger charge is 2.33. The molecule has 2 N–H and O–H groups in total. The molecule has 1 atom stereocenters. The van der Waals surface area contributed by atoms with E-state index in [-0.39, 0.29) is 17.9 Å². The minimum atomic E-state index is -0.316. The Labute approximate surface area is 143 Å². The molecular formula is C19H25N3O2. The second kappa shape index (κ2) is 8.11. The zero-order valence-corrected chi connectivity index (χ0v) is 14.0. The summed E-state index contributed by atoms with van der Waals surface area (Å²) in [6.45, 7) is 3.11. The number of hydrogen-bond donors (Lipinski definition) is 2. The molecule has 0 saturated carbocycles. The number of benzene rings is 1. The van der Waals surface area contributed by atoms with Crippen LogP contribution in [-0.4, -0.2) is 48.9 Å². The van der Waals surface area contributed by atoms with Crippen molar-refractivity contribution in [3.63, 3.8) is 0 Å². The number of carbonyl (C=O) groups is 2. The van der Waals surface area contributed by atoms with Crippen molar-refractivity contribution in [1.29, 1.82) is 0 Å². The Morgan fingerprint density at radius 1 is 1.25 bits per heavy atom. The quantitative estimate of drug-likeness (QED) is 0.801. The molecule has 2 amide bonds. The summed E-state index contributed by atoms with van der Waals surface area (Å²) in [5.74, 6) is 0.0216. The molecule has 1 saturated heterocycles. The van der Waals surface area contributed by atoms with Crippen molar-refractivity contribution < 1.29 is 9.59 Å². The van der Waals surface area contributed by atoms with Crippen molar-refractivity contribution in [1.82, 2.24) is 15.5 Å². The maximum absolute atomic E-state index is 12.6. The molecule has 1 unspecified atom stereocenters. The molecular weight excluding hydrogens is 302 g/mol. The Balaban J connectivity index is 1.55. The molecule has 3 rings (SSSR count). The van der Waals surface area contributed by atoms with Crippen LogP contribution in [0.1, 0.15) is 24.8 Å². The lowest BCUT2D eigenvalue weighted by Crippen LogP contribution is -2.47. The largest absolute Gasteiger partial charge is 0.351 e. The van der Waals surface area contributed by atoms with Gasteiger partial charge in [0.25, 0.3) is 0 Å². The van der Waals surface area contributed by atoms with Gasteiger partial charge < -0.3 is 15.5 Å². The third-order valence-corrected chi connectivity index (χ3v) is 4.72. The van der Waals surface area contributed by atoms with Gasteiger partial charge in [-0.2, -0.15) is 0 Å². The smallest absolute Gasteiger partial charge is 0.243 e. The Morgan fingerprint density at radius 2 is 2.08 bits per heavy atom. The van der Waals surface area contributed by atoms with E-state index >= 15 is 0 Å². The summed E-state index contributed by atoms with van der Waals surface area (Å²) < 4.78 is 0. The standard InChI is InChI=1S/C19H25N3O2/c23-18(13-15-5-2-1-3-6-15)22-12-4-7-17(22)19(24)21-14-16-8-10-20-11-9-16/h1-3,5-6,8,17,20H,4,7,9-14H2,(H,21,24). The first-order valence-corrected chi connectivity index (χ1v) is 8.74. The van der Waals surface area contributed by atoms with E-state index in [4.69, 9.17) is 0 Å². The molecule has 128 valence electrons. The van der Waals surface area contributed by atoms with E-state index in [1.807, 2.05) is 30.3 Å². The average Bonchev–Trinajstić information content (AvgIpc) is 3.11. The number of nitrogens with one attached hydrogen (secondary N) is 2. The van der Waals surface area contributed by atoms with Crippen LogP contribution in [0.5, 0.6) is 0 Å². The molecule has 5 heteroatoms. The number of likely N-dealkylation sites (tertiary alicyclic amines) is 1. The summed E-state index contributed by atoms with van der Waals surface area (Å²) >= 11 is 0. The summed E-state index contributed by atoms with van der Waals surface area (Å²) in [6, 6.07) is 9.39. The van der Waals surface area contributed by atoms with Crippen molar-refractivity contribution in [3.05, 3.63) is 47.5 Å². The molecule has 2 aliphatic heterocycles. The Bertz CT molecular complexity index is 612. The zero-order valence-electron chi connectivity index (χ0n) is 14.0. The van der Waals surface area contributed by atoms with E-state index < -0.39 is 0 Å². The van der Waals surface area contributed by atoms with Crippen LogP contribution in [0.4, 0.5) is 0 Å². The minimum absolute atomic E-state index is 0.0201. The third kappa shape index (κ3) is 4.23. The van der Waals surface area contributed by atoms with Crippen LogP contribution in [0, 0.1) is 0 Å². The SMILES string of the molecule is O=C(NCC1=CCNCC1)C1CCCN1C(=O)Cc1ccccc1. The van der Waals surface area contributed by atoms with E-state index in [0.29, 0.717) is 19.5 Å². The predicted octanol–water partition coefficient (Wildman–Crippen LogP) is 1.26. The van der Waals surface area contributed by atoms with Gasteiger partial charge in [-0.1, -0.05) is 42.0 Å². The highest BCUT2D eigenvalue weighted by Crippen LogP contribution is 2.19. The van der Waals surface area contributed by atoms with Crippen molar-refractivity contribution in [2.24, 2.45) is 0 Å². The van der Waals surface area contributed by atoms with Crippen LogP contribution in [0.15, 0.2) is 42.0 Å². The van der Waals surface area contributed by atoms with E-state index in [0.717, 1.165) is 37.9 Å². The number of amides is 2. The number of hydrogen-bond acceptors (Lipinski definition) is 3. The van der Waals surface area contributed by atoms with Crippen molar-refractivity contribution in [2.75, 3.05) is 26.2 Å². The predicted molar refractivity (Wildman–Crippen MR) is 93.5 cm³/mol. The molecule has 5 nitrogen and oxygen atoms in total. The normalized spacial score (nSPS) is 20.6. The topological polar surface area (TPSA) is 61.4 Å². The van der Waals surface area contributed by atoms with E-state index in [9.17, 15) is 9.59 Å². The van der Waals surface area contributed by atoms with Gasteiger partial charge >= 0.3 is 0 Å².